The fourth-order valence-corrected chi connectivity index (χ4v) is 4.19. The molecule has 1 saturated heterocycles. The number of hydrogen-bond acceptors (Lipinski definition) is 5. The monoisotopic (exact) mass is 427 g/mol. The number of nitriles is 1. The Morgan fingerprint density at radius 3 is 2.67 bits per heavy atom. The lowest BCUT2D eigenvalue weighted by molar-refractivity contribution is 0.0204. The molecule has 158 valence electrons. The molecule has 0 atom stereocenters. The number of thioether (sulfide) groups is 1. The van der Waals surface area contributed by atoms with E-state index in [0.29, 0.717) is 30.0 Å². The molecule has 0 saturated carbocycles. The maximum absolute atomic E-state index is 14.1. The van der Waals surface area contributed by atoms with Crippen LogP contribution in [0.4, 0.5) is 9.18 Å². The number of rotatable bonds is 4. The number of benzene rings is 1. The SMILES string of the molecule is CC(C)(C)OC(=O)N1CCC(c2cccc(SCc3ccc(C#N)cc3F)n2)CC1. The summed E-state index contributed by atoms with van der Waals surface area (Å²) in [5.41, 5.74) is 1.38. The van der Waals surface area contributed by atoms with E-state index in [4.69, 9.17) is 15.0 Å². The van der Waals surface area contributed by atoms with Gasteiger partial charge in [0.05, 0.1) is 16.7 Å². The Kier molecular flexibility index (Phi) is 6.99. The number of hydrogen-bond donors (Lipinski definition) is 0. The maximum Gasteiger partial charge on any atom is 0.410 e. The molecule has 2 heterocycles. The van der Waals surface area contributed by atoms with Gasteiger partial charge in [-0.15, -0.1) is 11.8 Å². The number of carbonyl (C=O) groups is 1. The number of aromatic nitrogens is 1. The first-order chi connectivity index (χ1) is 14.2. The summed E-state index contributed by atoms with van der Waals surface area (Å²) in [5, 5.41) is 9.69. The number of ether oxygens (including phenoxy) is 1. The van der Waals surface area contributed by atoms with Crippen molar-refractivity contribution in [2.75, 3.05) is 13.1 Å². The largest absolute Gasteiger partial charge is 0.444 e. The second kappa shape index (κ2) is 9.48. The zero-order valence-electron chi connectivity index (χ0n) is 17.5. The van der Waals surface area contributed by atoms with Crippen LogP contribution < -0.4 is 0 Å². The molecule has 1 aliphatic rings. The quantitative estimate of drug-likeness (QED) is 0.603. The average molecular weight is 428 g/mol. The lowest BCUT2D eigenvalue weighted by atomic mass is 9.93. The molecule has 1 amide bonds. The number of carbonyl (C=O) groups excluding carboxylic acids is 1. The highest BCUT2D eigenvalue weighted by Crippen LogP contribution is 2.30. The molecule has 0 radical (unpaired) electrons. The number of piperidine rings is 1. The fourth-order valence-electron chi connectivity index (χ4n) is 3.31. The summed E-state index contributed by atoms with van der Waals surface area (Å²) in [6, 6.07) is 12.4. The molecule has 5 nitrogen and oxygen atoms in total. The number of amides is 1. The number of pyridine rings is 1. The molecule has 1 fully saturated rings. The van der Waals surface area contributed by atoms with Crippen molar-refractivity contribution >= 4 is 17.9 Å². The van der Waals surface area contributed by atoms with Crippen LogP contribution in [0.25, 0.3) is 0 Å². The lowest BCUT2D eigenvalue weighted by Gasteiger charge is -2.33. The van der Waals surface area contributed by atoms with E-state index in [-0.39, 0.29) is 17.8 Å². The van der Waals surface area contributed by atoms with Crippen LogP contribution in [-0.2, 0) is 10.5 Å². The van der Waals surface area contributed by atoms with E-state index >= 15 is 0 Å². The van der Waals surface area contributed by atoms with Crippen LogP contribution in [0.5, 0.6) is 0 Å². The zero-order valence-corrected chi connectivity index (χ0v) is 18.3. The van der Waals surface area contributed by atoms with E-state index in [1.54, 1.807) is 17.0 Å². The minimum absolute atomic E-state index is 0.261. The molecule has 0 aliphatic carbocycles. The van der Waals surface area contributed by atoms with Crippen LogP contribution in [0, 0.1) is 17.1 Å². The van der Waals surface area contributed by atoms with Gasteiger partial charge in [0, 0.05) is 30.5 Å². The second-order valence-corrected chi connectivity index (χ2v) is 9.34. The Morgan fingerprint density at radius 1 is 1.30 bits per heavy atom. The Hall–Kier alpha value is -2.59. The highest BCUT2D eigenvalue weighted by molar-refractivity contribution is 7.98. The van der Waals surface area contributed by atoms with E-state index < -0.39 is 5.60 Å². The number of likely N-dealkylation sites (tertiary alicyclic amines) is 1. The minimum atomic E-state index is -0.491. The van der Waals surface area contributed by atoms with Crippen LogP contribution in [0.15, 0.2) is 41.4 Å². The summed E-state index contributed by atoms with van der Waals surface area (Å²) in [7, 11) is 0. The number of nitrogens with zero attached hydrogens (tertiary/aromatic N) is 3. The Balaban J connectivity index is 1.57. The molecule has 0 bridgehead atoms. The zero-order chi connectivity index (χ0) is 21.7. The molecular weight excluding hydrogens is 401 g/mol. The Bertz CT molecular complexity index is 944. The van der Waals surface area contributed by atoms with Crippen molar-refractivity contribution in [1.82, 2.24) is 9.88 Å². The van der Waals surface area contributed by atoms with Gasteiger partial charge >= 0.3 is 6.09 Å². The standard InChI is InChI=1S/C23H26FN3O2S/c1-23(2,3)29-22(28)27-11-9-17(10-12-27)20-5-4-6-21(26-20)30-15-18-8-7-16(14-25)13-19(18)24/h4-8,13,17H,9-12,15H2,1-3H3. The van der Waals surface area contributed by atoms with Crippen molar-refractivity contribution in [3.63, 3.8) is 0 Å². The molecule has 0 spiro atoms. The van der Waals surface area contributed by atoms with Crippen LogP contribution in [-0.4, -0.2) is 34.7 Å². The molecular formula is C23H26FN3O2S. The van der Waals surface area contributed by atoms with Gasteiger partial charge in [-0.1, -0.05) is 12.1 Å². The van der Waals surface area contributed by atoms with Gasteiger partial charge in [-0.3, -0.25) is 0 Å². The normalized spacial score (nSPS) is 15.0. The topological polar surface area (TPSA) is 66.2 Å². The third kappa shape index (κ3) is 5.96. The van der Waals surface area contributed by atoms with Gasteiger partial charge in [0.15, 0.2) is 0 Å². The van der Waals surface area contributed by atoms with Crippen LogP contribution in [0.2, 0.25) is 0 Å². The summed E-state index contributed by atoms with van der Waals surface area (Å²) < 4.78 is 19.5. The van der Waals surface area contributed by atoms with E-state index in [1.807, 2.05) is 45.0 Å². The molecule has 1 aromatic heterocycles. The maximum atomic E-state index is 14.1. The van der Waals surface area contributed by atoms with Gasteiger partial charge in [-0.2, -0.15) is 5.26 Å². The highest BCUT2D eigenvalue weighted by Gasteiger charge is 2.28. The van der Waals surface area contributed by atoms with Gasteiger partial charge < -0.3 is 9.64 Å². The lowest BCUT2D eigenvalue weighted by Crippen LogP contribution is -2.41. The van der Waals surface area contributed by atoms with Gasteiger partial charge in [0.2, 0.25) is 0 Å². The molecule has 2 aromatic rings. The van der Waals surface area contributed by atoms with Crippen molar-refractivity contribution < 1.29 is 13.9 Å². The van der Waals surface area contributed by atoms with E-state index in [0.717, 1.165) is 23.6 Å². The van der Waals surface area contributed by atoms with Crippen molar-refractivity contribution in [3.05, 3.63) is 59.0 Å². The molecule has 0 unspecified atom stereocenters. The van der Waals surface area contributed by atoms with E-state index in [9.17, 15) is 9.18 Å². The molecule has 1 aromatic carbocycles. The molecule has 3 rings (SSSR count). The minimum Gasteiger partial charge on any atom is -0.444 e. The summed E-state index contributed by atoms with van der Waals surface area (Å²) >= 11 is 1.47. The van der Waals surface area contributed by atoms with Crippen molar-refractivity contribution in [2.45, 2.75) is 55.9 Å². The predicted molar refractivity (Wildman–Crippen MR) is 115 cm³/mol. The first kappa shape index (κ1) is 22.1. The Labute approximate surface area is 181 Å². The van der Waals surface area contributed by atoms with Crippen LogP contribution >= 0.6 is 11.8 Å². The predicted octanol–water partition coefficient (Wildman–Crippen LogP) is 5.50. The van der Waals surface area contributed by atoms with Gasteiger partial charge in [0.25, 0.3) is 0 Å². The van der Waals surface area contributed by atoms with Crippen LogP contribution in [0.3, 0.4) is 0 Å². The highest BCUT2D eigenvalue weighted by atomic mass is 32.2. The van der Waals surface area contributed by atoms with E-state index in [2.05, 4.69) is 0 Å². The van der Waals surface area contributed by atoms with Crippen molar-refractivity contribution in [1.29, 1.82) is 5.26 Å². The smallest absolute Gasteiger partial charge is 0.410 e. The third-order valence-corrected chi connectivity index (χ3v) is 5.85. The third-order valence-electron chi connectivity index (χ3n) is 4.87. The fraction of sp³-hybridized carbons (Fsp3) is 0.435. The van der Waals surface area contributed by atoms with Gasteiger partial charge in [-0.05, 0) is 63.4 Å². The van der Waals surface area contributed by atoms with Gasteiger partial charge in [0.1, 0.15) is 11.4 Å². The average Bonchev–Trinajstić information content (AvgIpc) is 2.72. The summed E-state index contributed by atoms with van der Waals surface area (Å²) in [4.78, 5) is 18.8. The van der Waals surface area contributed by atoms with Crippen molar-refractivity contribution in [3.8, 4) is 6.07 Å². The van der Waals surface area contributed by atoms with Gasteiger partial charge in [-0.25, -0.2) is 14.2 Å². The molecule has 0 N–H and O–H groups in total. The first-order valence-electron chi connectivity index (χ1n) is 10.0. The Morgan fingerprint density at radius 2 is 2.03 bits per heavy atom. The van der Waals surface area contributed by atoms with Crippen molar-refractivity contribution in [2.24, 2.45) is 0 Å². The first-order valence-corrected chi connectivity index (χ1v) is 11.0. The van der Waals surface area contributed by atoms with Crippen LogP contribution in [0.1, 0.15) is 56.4 Å². The summed E-state index contributed by atoms with van der Waals surface area (Å²) in [5.74, 6) is 0.369. The number of halogens is 1. The summed E-state index contributed by atoms with van der Waals surface area (Å²) in [6.45, 7) is 6.90. The summed E-state index contributed by atoms with van der Waals surface area (Å²) in [6.07, 6.45) is 1.41. The molecule has 30 heavy (non-hydrogen) atoms. The molecule has 1 aliphatic heterocycles. The molecule has 7 heteroatoms. The van der Waals surface area contributed by atoms with E-state index in [1.165, 1.54) is 17.8 Å². The second-order valence-electron chi connectivity index (χ2n) is 8.35.